The van der Waals surface area contributed by atoms with Crippen molar-refractivity contribution in [2.24, 2.45) is 17.8 Å². The molecule has 0 aromatic carbocycles. The largest absolute Gasteiger partial charge is 0.481 e. The van der Waals surface area contributed by atoms with Gasteiger partial charge in [-0.15, -0.1) is 0 Å². The van der Waals surface area contributed by atoms with Crippen molar-refractivity contribution in [2.75, 3.05) is 0 Å². The molecule has 1 aromatic heterocycles. The summed E-state index contributed by atoms with van der Waals surface area (Å²) < 4.78 is 0. The van der Waals surface area contributed by atoms with Crippen LogP contribution in [0.2, 0.25) is 0 Å². The van der Waals surface area contributed by atoms with Gasteiger partial charge >= 0.3 is 5.97 Å². The Morgan fingerprint density at radius 3 is 2.75 bits per heavy atom. The second-order valence-electron chi connectivity index (χ2n) is 5.38. The van der Waals surface area contributed by atoms with Crippen LogP contribution in [0.5, 0.6) is 0 Å². The Kier molecular flexibility index (Phi) is 4.71. The monoisotopic (exact) mass is 276 g/mol. The summed E-state index contributed by atoms with van der Waals surface area (Å²) in [6.45, 7) is 2.44. The number of aliphatic carboxylic acids is 1. The molecule has 1 saturated carbocycles. The van der Waals surface area contributed by atoms with Crippen LogP contribution in [0.1, 0.15) is 31.7 Å². The highest BCUT2D eigenvalue weighted by molar-refractivity contribution is 5.85. The van der Waals surface area contributed by atoms with Crippen molar-refractivity contribution in [1.82, 2.24) is 10.3 Å². The van der Waals surface area contributed by atoms with Gasteiger partial charge in [-0.1, -0.05) is 19.4 Å². The third-order valence-electron chi connectivity index (χ3n) is 4.08. The van der Waals surface area contributed by atoms with Gasteiger partial charge in [-0.05, 0) is 30.4 Å². The van der Waals surface area contributed by atoms with Crippen molar-refractivity contribution in [3.63, 3.8) is 0 Å². The molecule has 1 aromatic rings. The van der Waals surface area contributed by atoms with E-state index in [-0.39, 0.29) is 5.91 Å². The van der Waals surface area contributed by atoms with Gasteiger partial charge in [-0.25, -0.2) is 0 Å². The van der Waals surface area contributed by atoms with E-state index in [1.807, 2.05) is 19.1 Å². The zero-order chi connectivity index (χ0) is 14.5. The summed E-state index contributed by atoms with van der Waals surface area (Å²) in [6, 6.07) is 3.69. The molecule has 0 aliphatic heterocycles. The number of nitrogens with zero attached hydrogens (tertiary/aromatic N) is 1. The Labute approximate surface area is 118 Å². The van der Waals surface area contributed by atoms with Crippen LogP contribution in [-0.2, 0) is 16.1 Å². The lowest BCUT2D eigenvalue weighted by atomic mass is 9.95. The van der Waals surface area contributed by atoms with E-state index in [4.69, 9.17) is 0 Å². The van der Waals surface area contributed by atoms with Crippen LogP contribution in [0.25, 0.3) is 0 Å². The lowest BCUT2D eigenvalue weighted by molar-refractivity contribution is -0.146. The molecule has 2 N–H and O–H groups in total. The molecule has 0 spiro atoms. The summed E-state index contributed by atoms with van der Waals surface area (Å²) in [7, 11) is 0. The molecule has 2 rings (SSSR count). The number of amides is 1. The summed E-state index contributed by atoms with van der Waals surface area (Å²) in [5, 5.41) is 12.1. The molecule has 0 radical (unpaired) electrons. The van der Waals surface area contributed by atoms with Gasteiger partial charge in [0, 0.05) is 18.9 Å². The standard InChI is InChI=1S/C15H20N2O3/c1-2-10-6-12(13(7-10)15(19)20)14(18)17-9-11-4-3-5-16-8-11/h3-5,8,10,12-13H,2,6-7,9H2,1H3,(H,17,18)(H,19,20)/t10?,12-,13+/m0/s1. The van der Waals surface area contributed by atoms with Gasteiger partial charge in [0.15, 0.2) is 0 Å². The van der Waals surface area contributed by atoms with Crippen LogP contribution in [-0.4, -0.2) is 22.0 Å². The Morgan fingerprint density at radius 2 is 2.15 bits per heavy atom. The molecule has 1 heterocycles. The number of hydrogen-bond acceptors (Lipinski definition) is 3. The van der Waals surface area contributed by atoms with Gasteiger partial charge < -0.3 is 10.4 Å². The zero-order valence-electron chi connectivity index (χ0n) is 11.6. The van der Waals surface area contributed by atoms with E-state index in [2.05, 4.69) is 10.3 Å². The van der Waals surface area contributed by atoms with Gasteiger partial charge in [0.1, 0.15) is 0 Å². The molecule has 1 aliphatic carbocycles. The maximum atomic E-state index is 12.2. The highest BCUT2D eigenvalue weighted by atomic mass is 16.4. The first-order valence-electron chi connectivity index (χ1n) is 7.01. The molecule has 108 valence electrons. The number of carbonyl (C=O) groups is 2. The fraction of sp³-hybridized carbons (Fsp3) is 0.533. The quantitative estimate of drug-likeness (QED) is 0.860. The van der Waals surface area contributed by atoms with Gasteiger partial charge in [0.05, 0.1) is 11.8 Å². The van der Waals surface area contributed by atoms with Gasteiger partial charge in [-0.2, -0.15) is 0 Å². The molecule has 3 atom stereocenters. The average Bonchev–Trinajstić information content (AvgIpc) is 2.90. The fourth-order valence-corrected chi connectivity index (χ4v) is 2.86. The number of carboxylic acid groups (broad SMARTS) is 1. The highest BCUT2D eigenvalue weighted by Crippen LogP contribution is 2.38. The molecular weight excluding hydrogens is 256 g/mol. The van der Waals surface area contributed by atoms with E-state index in [9.17, 15) is 14.7 Å². The molecule has 1 aliphatic rings. The SMILES string of the molecule is CCC1C[C@H](C(=O)NCc2cccnc2)[C@H](C(=O)O)C1. The van der Waals surface area contributed by atoms with Crippen molar-refractivity contribution in [3.05, 3.63) is 30.1 Å². The highest BCUT2D eigenvalue weighted by Gasteiger charge is 2.41. The lowest BCUT2D eigenvalue weighted by Crippen LogP contribution is -2.34. The summed E-state index contributed by atoms with van der Waals surface area (Å²) in [6.07, 6.45) is 5.58. The predicted octanol–water partition coefficient (Wildman–Crippen LogP) is 1.83. The third kappa shape index (κ3) is 3.35. The van der Waals surface area contributed by atoms with Gasteiger partial charge in [0.25, 0.3) is 0 Å². The fourth-order valence-electron chi connectivity index (χ4n) is 2.86. The van der Waals surface area contributed by atoms with Crippen molar-refractivity contribution in [3.8, 4) is 0 Å². The van der Waals surface area contributed by atoms with E-state index in [0.29, 0.717) is 25.3 Å². The summed E-state index contributed by atoms with van der Waals surface area (Å²) in [5.41, 5.74) is 0.915. The first-order chi connectivity index (χ1) is 9.61. The van der Waals surface area contributed by atoms with Crippen LogP contribution < -0.4 is 5.32 Å². The van der Waals surface area contributed by atoms with Crippen molar-refractivity contribution in [2.45, 2.75) is 32.7 Å². The van der Waals surface area contributed by atoms with Gasteiger partial charge in [0.2, 0.25) is 5.91 Å². The number of carbonyl (C=O) groups excluding carboxylic acids is 1. The van der Waals surface area contributed by atoms with Crippen LogP contribution in [0.4, 0.5) is 0 Å². The second-order valence-corrected chi connectivity index (χ2v) is 5.38. The molecule has 1 amide bonds. The zero-order valence-corrected chi connectivity index (χ0v) is 11.6. The number of carboxylic acids is 1. The maximum absolute atomic E-state index is 12.2. The van der Waals surface area contributed by atoms with Gasteiger partial charge in [-0.3, -0.25) is 14.6 Å². The first-order valence-corrected chi connectivity index (χ1v) is 7.01. The maximum Gasteiger partial charge on any atom is 0.307 e. The van der Waals surface area contributed by atoms with Crippen LogP contribution in [0, 0.1) is 17.8 Å². The van der Waals surface area contributed by atoms with E-state index in [1.165, 1.54) is 0 Å². The number of rotatable bonds is 5. The molecule has 5 heteroatoms. The van der Waals surface area contributed by atoms with Crippen LogP contribution in [0.15, 0.2) is 24.5 Å². The topological polar surface area (TPSA) is 79.3 Å². The van der Waals surface area contributed by atoms with Crippen molar-refractivity contribution < 1.29 is 14.7 Å². The van der Waals surface area contributed by atoms with Crippen LogP contribution in [0.3, 0.4) is 0 Å². The predicted molar refractivity (Wildman–Crippen MR) is 73.7 cm³/mol. The Hall–Kier alpha value is -1.91. The van der Waals surface area contributed by atoms with E-state index in [0.717, 1.165) is 12.0 Å². The number of nitrogens with one attached hydrogen (secondary N) is 1. The molecule has 0 saturated heterocycles. The molecule has 0 bridgehead atoms. The van der Waals surface area contributed by atoms with Crippen molar-refractivity contribution in [1.29, 1.82) is 0 Å². The van der Waals surface area contributed by atoms with Crippen LogP contribution >= 0.6 is 0 Å². The average molecular weight is 276 g/mol. The molecule has 5 nitrogen and oxygen atoms in total. The first kappa shape index (κ1) is 14.5. The lowest BCUT2D eigenvalue weighted by Gasteiger charge is -2.15. The second kappa shape index (κ2) is 6.50. The summed E-state index contributed by atoms with van der Waals surface area (Å²) in [5.74, 6) is -1.63. The molecule has 1 fully saturated rings. The summed E-state index contributed by atoms with van der Waals surface area (Å²) in [4.78, 5) is 27.4. The Balaban J connectivity index is 1.95. The number of pyridine rings is 1. The minimum Gasteiger partial charge on any atom is -0.481 e. The normalized spacial score (nSPS) is 25.4. The van der Waals surface area contributed by atoms with E-state index in [1.54, 1.807) is 12.4 Å². The number of aromatic nitrogens is 1. The summed E-state index contributed by atoms with van der Waals surface area (Å²) >= 11 is 0. The molecule has 1 unspecified atom stereocenters. The number of hydrogen-bond donors (Lipinski definition) is 2. The van der Waals surface area contributed by atoms with E-state index >= 15 is 0 Å². The minimum absolute atomic E-state index is 0.155. The third-order valence-corrected chi connectivity index (χ3v) is 4.08. The Bertz CT molecular complexity index is 475. The smallest absolute Gasteiger partial charge is 0.307 e. The van der Waals surface area contributed by atoms with E-state index < -0.39 is 17.8 Å². The van der Waals surface area contributed by atoms with Crippen molar-refractivity contribution >= 4 is 11.9 Å². The molecular formula is C15H20N2O3. The minimum atomic E-state index is -0.859. The molecule has 20 heavy (non-hydrogen) atoms. The Morgan fingerprint density at radius 1 is 1.40 bits per heavy atom.